The second-order valence-electron chi connectivity index (χ2n) is 5.08. The van der Waals surface area contributed by atoms with Crippen molar-refractivity contribution in [1.82, 2.24) is 5.32 Å². The molecule has 2 rings (SSSR count). The highest BCUT2D eigenvalue weighted by Crippen LogP contribution is 2.26. The van der Waals surface area contributed by atoms with Crippen molar-refractivity contribution >= 4 is 11.9 Å². The van der Waals surface area contributed by atoms with Gasteiger partial charge in [-0.2, -0.15) is 0 Å². The van der Waals surface area contributed by atoms with Crippen molar-refractivity contribution in [1.29, 1.82) is 0 Å². The zero-order valence-electron chi connectivity index (χ0n) is 11.4. The summed E-state index contributed by atoms with van der Waals surface area (Å²) in [4.78, 5) is 22.5. The van der Waals surface area contributed by atoms with E-state index in [9.17, 15) is 14.7 Å². The molecule has 1 heterocycles. The molecule has 0 bridgehead atoms. The van der Waals surface area contributed by atoms with E-state index in [1.165, 1.54) is 13.0 Å². The molecule has 0 radical (unpaired) electrons. The molecule has 20 heavy (non-hydrogen) atoms. The summed E-state index contributed by atoms with van der Waals surface area (Å²) in [6.45, 7) is 1.96. The van der Waals surface area contributed by atoms with Crippen LogP contribution in [0.1, 0.15) is 26.2 Å². The summed E-state index contributed by atoms with van der Waals surface area (Å²) in [6, 6.07) is -1.16. The SMILES string of the molecule is CC(=O)NC1C(N)C=C(C(=O)O)C1OC1CCCCO1. The van der Waals surface area contributed by atoms with Crippen LogP contribution in [0.4, 0.5) is 0 Å². The zero-order chi connectivity index (χ0) is 14.7. The summed E-state index contributed by atoms with van der Waals surface area (Å²) < 4.78 is 11.2. The highest BCUT2D eigenvalue weighted by Gasteiger charge is 2.41. The molecule has 1 fully saturated rings. The Morgan fingerprint density at radius 1 is 1.50 bits per heavy atom. The first-order valence-corrected chi connectivity index (χ1v) is 6.74. The molecule has 4 atom stereocenters. The van der Waals surface area contributed by atoms with E-state index < -0.39 is 30.4 Å². The molecule has 0 spiro atoms. The number of hydrogen-bond acceptors (Lipinski definition) is 5. The molecule has 2 aliphatic rings. The molecule has 4 unspecified atom stereocenters. The number of ether oxygens (including phenoxy) is 2. The Morgan fingerprint density at radius 3 is 2.80 bits per heavy atom. The molecule has 112 valence electrons. The van der Waals surface area contributed by atoms with E-state index in [4.69, 9.17) is 15.2 Å². The smallest absolute Gasteiger partial charge is 0.334 e. The van der Waals surface area contributed by atoms with Gasteiger partial charge in [-0.15, -0.1) is 0 Å². The van der Waals surface area contributed by atoms with Crippen LogP contribution in [0.5, 0.6) is 0 Å². The minimum absolute atomic E-state index is 0.0745. The Hall–Kier alpha value is -1.44. The van der Waals surface area contributed by atoms with Gasteiger partial charge < -0.3 is 25.6 Å². The van der Waals surface area contributed by atoms with Crippen LogP contribution in [0.3, 0.4) is 0 Å². The van der Waals surface area contributed by atoms with E-state index in [-0.39, 0.29) is 11.5 Å². The number of carboxylic acids is 1. The Balaban J connectivity index is 2.11. The molecule has 7 heteroatoms. The molecule has 0 aromatic rings. The van der Waals surface area contributed by atoms with Gasteiger partial charge in [0.05, 0.1) is 11.6 Å². The molecule has 0 aromatic heterocycles. The van der Waals surface area contributed by atoms with Crippen molar-refractivity contribution in [2.45, 2.75) is 50.7 Å². The lowest BCUT2D eigenvalue weighted by Crippen LogP contribution is -2.52. The Labute approximate surface area is 117 Å². The quantitative estimate of drug-likeness (QED) is 0.657. The van der Waals surface area contributed by atoms with Gasteiger partial charge in [0, 0.05) is 19.6 Å². The maximum absolute atomic E-state index is 11.3. The van der Waals surface area contributed by atoms with Crippen LogP contribution < -0.4 is 11.1 Å². The van der Waals surface area contributed by atoms with E-state index in [2.05, 4.69) is 5.32 Å². The predicted molar refractivity (Wildman–Crippen MR) is 69.8 cm³/mol. The van der Waals surface area contributed by atoms with Crippen LogP contribution in [-0.4, -0.2) is 48.1 Å². The first-order chi connectivity index (χ1) is 9.49. The van der Waals surface area contributed by atoms with Crippen molar-refractivity contribution in [3.63, 3.8) is 0 Å². The van der Waals surface area contributed by atoms with Crippen LogP contribution in [0.2, 0.25) is 0 Å². The highest BCUT2D eigenvalue weighted by molar-refractivity contribution is 5.89. The van der Waals surface area contributed by atoms with E-state index in [1.807, 2.05) is 0 Å². The Kier molecular flexibility index (Phi) is 4.74. The fourth-order valence-corrected chi connectivity index (χ4v) is 2.54. The minimum atomic E-state index is -1.09. The fraction of sp³-hybridized carbons (Fsp3) is 0.692. The summed E-state index contributed by atoms with van der Waals surface area (Å²) in [7, 11) is 0. The summed E-state index contributed by atoms with van der Waals surface area (Å²) in [5.41, 5.74) is 5.95. The van der Waals surface area contributed by atoms with Gasteiger partial charge in [-0.3, -0.25) is 4.79 Å². The molecular formula is C13H20N2O5. The first-order valence-electron chi connectivity index (χ1n) is 6.74. The number of carboxylic acid groups (broad SMARTS) is 1. The second-order valence-corrected chi connectivity index (χ2v) is 5.08. The third-order valence-electron chi connectivity index (χ3n) is 3.47. The van der Waals surface area contributed by atoms with Crippen LogP contribution in [0, 0.1) is 0 Å². The number of rotatable bonds is 4. The molecule has 7 nitrogen and oxygen atoms in total. The monoisotopic (exact) mass is 284 g/mol. The standard InChI is InChI=1S/C13H20N2O5/c1-7(16)15-11-9(14)6-8(13(17)18)12(11)20-10-4-2-3-5-19-10/h6,9-12H,2-5,14H2,1H3,(H,15,16)(H,17,18). The molecular weight excluding hydrogens is 264 g/mol. The van der Waals surface area contributed by atoms with Gasteiger partial charge in [0.2, 0.25) is 5.91 Å². The van der Waals surface area contributed by atoms with Crippen LogP contribution >= 0.6 is 0 Å². The third kappa shape index (κ3) is 3.36. The molecule has 1 aliphatic carbocycles. The maximum atomic E-state index is 11.3. The molecule has 1 amide bonds. The highest BCUT2D eigenvalue weighted by atomic mass is 16.7. The largest absolute Gasteiger partial charge is 0.478 e. The third-order valence-corrected chi connectivity index (χ3v) is 3.47. The van der Waals surface area contributed by atoms with Crippen molar-refractivity contribution < 1.29 is 24.2 Å². The summed E-state index contributed by atoms with van der Waals surface area (Å²) >= 11 is 0. The average Bonchev–Trinajstić information content (AvgIpc) is 2.68. The van der Waals surface area contributed by atoms with Gasteiger partial charge in [0.1, 0.15) is 6.10 Å². The van der Waals surface area contributed by atoms with E-state index in [1.54, 1.807) is 0 Å². The molecule has 1 saturated heterocycles. The lowest BCUT2D eigenvalue weighted by Gasteiger charge is -2.30. The normalized spacial score (nSPS) is 33.6. The number of carbonyl (C=O) groups is 2. The number of aliphatic carboxylic acids is 1. The fourth-order valence-electron chi connectivity index (χ4n) is 2.54. The summed E-state index contributed by atoms with van der Waals surface area (Å²) in [6.07, 6.45) is 2.86. The topological polar surface area (TPSA) is 111 Å². The number of hydrogen-bond donors (Lipinski definition) is 3. The van der Waals surface area contributed by atoms with Gasteiger partial charge in [-0.05, 0) is 19.3 Å². The number of nitrogens with one attached hydrogen (secondary N) is 1. The number of carbonyl (C=O) groups excluding carboxylic acids is 1. The summed E-state index contributed by atoms with van der Waals surface area (Å²) in [5, 5.41) is 11.9. The Bertz CT molecular complexity index is 417. The lowest BCUT2D eigenvalue weighted by atomic mass is 10.1. The van der Waals surface area contributed by atoms with Gasteiger partial charge >= 0.3 is 5.97 Å². The average molecular weight is 284 g/mol. The predicted octanol–water partition coefficient (Wildman–Crippen LogP) is -0.245. The van der Waals surface area contributed by atoms with Crippen molar-refractivity contribution in [2.24, 2.45) is 5.73 Å². The van der Waals surface area contributed by atoms with Gasteiger partial charge in [0.15, 0.2) is 6.29 Å². The zero-order valence-corrected chi connectivity index (χ0v) is 11.4. The van der Waals surface area contributed by atoms with Gasteiger partial charge in [0.25, 0.3) is 0 Å². The molecule has 0 aromatic carbocycles. The van der Waals surface area contributed by atoms with E-state index >= 15 is 0 Å². The minimum Gasteiger partial charge on any atom is -0.478 e. The molecule has 0 saturated carbocycles. The first kappa shape index (κ1) is 15.0. The van der Waals surface area contributed by atoms with Crippen LogP contribution in [-0.2, 0) is 19.1 Å². The molecule has 4 N–H and O–H groups in total. The van der Waals surface area contributed by atoms with Crippen LogP contribution in [0.15, 0.2) is 11.6 Å². The lowest BCUT2D eigenvalue weighted by molar-refractivity contribution is -0.186. The van der Waals surface area contributed by atoms with Crippen LogP contribution in [0.25, 0.3) is 0 Å². The van der Waals surface area contributed by atoms with Crippen molar-refractivity contribution in [2.75, 3.05) is 6.61 Å². The van der Waals surface area contributed by atoms with Gasteiger partial charge in [-0.25, -0.2) is 4.79 Å². The maximum Gasteiger partial charge on any atom is 0.334 e. The number of amides is 1. The Morgan fingerprint density at radius 2 is 2.25 bits per heavy atom. The molecule has 1 aliphatic heterocycles. The number of nitrogens with two attached hydrogens (primary N) is 1. The van der Waals surface area contributed by atoms with Crippen molar-refractivity contribution in [3.8, 4) is 0 Å². The van der Waals surface area contributed by atoms with E-state index in [0.29, 0.717) is 13.0 Å². The van der Waals surface area contributed by atoms with Gasteiger partial charge in [-0.1, -0.05) is 6.08 Å². The van der Waals surface area contributed by atoms with E-state index in [0.717, 1.165) is 12.8 Å². The van der Waals surface area contributed by atoms with Crippen molar-refractivity contribution in [3.05, 3.63) is 11.6 Å². The summed E-state index contributed by atoms with van der Waals surface area (Å²) in [5.74, 6) is -1.36. The second kappa shape index (κ2) is 6.34.